The molecule has 6 nitrogen and oxygen atoms in total. The van der Waals surface area contributed by atoms with Crippen molar-refractivity contribution in [1.82, 2.24) is 15.5 Å². The van der Waals surface area contributed by atoms with Crippen LogP contribution in [0.25, 0.3) is 0 Å². The molecule has 1 saturated carbocycles. The third-order valence-electron chi connectivity index (χ3n) is 5.30. The van der Waals surface area contributed by atoms with Crippen LogP contribution >= 0.6 is 0 Å². The van der Waals surface area contributed by atoms with Crippen molar-refractivity contribution in [1.29, 1.82) is 0 Å². The van der Waals surface area contributed by atoms with Gasteiger partial charge in [0.2, 0.25) is 5.91 Å². The van der Waals surface area contributed by atoms with Crippen molar-refractivity contribution in [2.75, 3.05) is 33.8 Å². The Labute approximate surface area is 148 Å². The minimum atomic E-state index is -0.0734. The molecule has 1 aliphatic heterocycles. The highest BCUT2D eigenvalue weighted by Gasteiger charge is 2.43. The number of carbonyl (C=O) groups excluding carboxylic acids is 2. The fourth-order valence-corrected chi connectivity index (χ4v) is 3.69. The summed E-state index contributed by atoms with van der Waals surface area (Å²) in [7, 11) is 3.27. The molecule has 3 rings (SSSR count). The molecule has 2 amide bonds. The fourth-order valence-electron chi connectivity index (χ4n) is 3.69. The minimum Gasteiger partial charge on any atom is -0.496 e. The second-order valence-electron chi connectivity index (χ2n) is 7.13. The Bertz CT molecular complexity index is 657. The van der Waals surface area contributed by atoms with Crippen LogP contribution in [0.15, 0.2) is 18.2 Å². The van der Waals surface area contributed by atoms with Crippen LogP contribution in [0.4, 0.5) is 0 Å². The van der Waals surface area contributed by atoms with Gasteiger partial charge in [-0.05, 0) is 49.3 Å². The third-order valence-corrected chi connectivity index (χ3v) is 5.30. The van der Waals surface area contributed by atoms with Crippen molar-refractivity contribution in [3.63, 3.8) is 0 Å². The van der Waals surface area contributed by atoms with Crippen molar-refractivity contribution in [3.05, 3.63) is 29.3 Å². The molecule has 0 unspecified atom stereocenters. The van der Waals surface area contributed by atoms with Crippen LogP contribution in [0, 0.1) is 18.8 Å². The summed E-state index contributed by atoms with van der Waals surface area (Å²) in [4.78, 5) is 26.5. The lowest BCUT2D eigenvalue weighted by Gasteiger charge is -2.20. The average molecular weight is 345 g/mol. The summed E-state index contributed by atoms with van der Waals surface area (Å²) in [6.07, 6.45) is 2.45. The Morgan fingerprint density at radius 1 is 1.28 bits per heavy atom. The van der Waals surface area contributed by atoms with Crippen LogP contribution in [-0.4, -0.2) is 56.5 Å². The maximum atomic E-state index is 12.7. The highest BCUT2D eigenvalue weighted by atomic mass is 16.5. The first kappa shape index (κ1) is 17.7. The van der Waals surface area contributed by atoms with E-state index < -0.39 is 0 Å². The molecule has 6 heteroatoms. The van der Waals surface area contributed by atoms with Crippen molar-refractivity contribution in [2.24, 2.45) is 11.8 Å². The topological polar surface area (TPSA) is 70.7 Å². The molecule has 136 valence electrons. The molecule has 2 N–H and O–H groups in total. The predicted octanol–water partition coefficient (Wildman–Crippen LogP) is 1.19. The summed E-state index contributed by atoms with van der Waals surface area (Å²) >= 11 is 0. The van der Waals surface area contributed by atoms with Crippen LogP contribution < -0.4 is 15.4 Å². The smallest absolute Gasteiger partial charge is 0.251 e. The van der Waals surface area contributed by atoms with Gasteiger partial charge in [0.15, 0.2) is 0 Å². The lowest BCUT2D eigenvalue weighted by Crippen LogP contribution is -2.41. The SMILES string of the molecule is CNC(=O)CN1C[C@@H](NC(=O)c2ccc(C)c(OC)c2)[C@H](C2CC2)C1. The molecule has 0 bridgehead atoms. The van der Waals surface area contributed by atoms with E-state index in [2.05, 4.69) is 15.5 Å². The monoisotopic (exact) mass is 345 g/mol. The molecule has 1 heterocycles. The van der Waals surface area contributed by atoms with Gasteiger partial charge in [0.1, 0.15) is 5.75 Å². The van der Waals surface area contributed by atoms with E-state index in [0.717, 1.165) is 24.4 Å². The van der Waals surface area contributed by atoms with Crippen LogP contribution in [-0.2, 0) is 4.79 Å². The van der Waals surface area contributed by atoms with Gasteiger partial charge in [0, 0.05) is 31.7 Å². The van der Waals surface area contributed by atoms with E-state index in [1.807, 2.05) is 19.1 Å². The third kappa shape index (κ3) is 4.12. The standard InChI is InChI=1S/C19H27N3O3/c1-12-4-5-14(8-17(12)25-3)19(24)21-16-10-22(11-18(23)20-2)9-15(16)13-6-7-13/h4-5,8,13,15-16H,6-7,9-11H2,1-3H3,(H,20,23)(H,21,24)/t15-,16+/m0/s1. The second-order valence-corrected chi connectivity index (χ2v) is 7.13. The number of rotatable bonds is 6. The molecule has 2 atom stereocenters. The van der Waals surface area contributed by atoms with Gasteiger partial charge in [-0.3, -0.25) is 14.5 Å². The van der Waals surface area contributed by atoms with Crippen molar-refractivity contribution in [3.8, 4) is 5.75 Å². The molecule has 0 aromatic heterocycles. The van der Waals surface area contributed by atoms with Gasteiger partial charge >= 0.3 is 0 Å². The van der Waals surface area contributed by atoms with Gasteiger partial charge < -0.3 is 15.4 Å². The van der Waals surface area contributed by atoms with Crippen LogP contribution in [0.1, 0.15) is 28.8 Å². The molecule has 1 aromatic carbocycles. The maximum Gasteiger partial charge on any atom is 0.251 e. The van der Waals surface area contributed by atoms with Crippen molar-refractivity contribution < 1.29 is 14.3 Å². The lowest BCUT2D eigenvalue weighted by molar-refractivity contribution is -0.121. The fraction of sp³-hybridized carbons (Fsp3) is 0.579. The highest BCUT2D eigenvalue weighted by molar-refractivity contribution is 5.95. The Hall–Kier alpha value is -2.08. The maximum absolute atomic E-state index is 12.7. The number of amides is 2. The van der Waals surface area contributed by atoms with Crippen molar-refractivity contribution in [2.45, 2.75) is 25.8 Å². The summed E-state index contributed by atoms with van der Waals surface area (Å²) in [5, 5.41) is 5.86. The number of hydrogen-bond donors (Lipinski definition) is 2. The van der Waals surface area contributed by atoms with E-state index in [1.165, 1.54) is 12.8 Å². The predicted molar refractivity (Wildman–Crippen MR) is 95.7 cm³/mol. The summed E-state index contributed by atoms with van der Waals surface area (Å²) in [5.74, 6) is 1.77. The van der Waals surface area contributed by atoms with E-state index in [4.69, 9.17) is 4.74 Å². The zero-order chi connectivity index (χ0) is 18.0. The number of methoxy groups -OCH3 is 1. The zero-order valence-corrected chi connectivity index (χ0v) is 15.2. The molecule has 2 fully saturated rings. The van der Waals surface area contributed by atoms with E-state index in [-0.39, 0.29) is 17.9 Å². The summed E-state index contributed by atoms with van der Waals surface area (Å²) < 4.78 is 5.32. The average Bonchev–Trinajstić information content (AvgIpc) is 3.37. The van der Waals surface area contributed by atoms with Crippen LogP contribution in [0.3, 0.4) is 0 Å². The molecular weight excluding hydrogens is 318 g/mol. The number of hydrogen-bond acceptors (Lipinski definition) is 4. The Morgan fingerprint density at radius 3 is 2.68 bits per heavy atom. The first-order valence-electron chi connectivity index (χ1n) is 8.90. The van der Waals surface area contributed by atoms with E-state index >= 15 is 0 Å². The number of nitrogens with one attached hydrogen (secondary N) is 2. The number of benzene rings is 1. The number of ether oxygens (including phenoxy) is 1. The summed E-state index contributed by atoms with van der Waals surface area (Å²) in [6.45, 7) is 3.95. The second kappa shape index (κ2) is 7.44. The number of aryl methyl sites for hydroxylation is 1. The van der Waals surface area contributed by atoms with Gasteiger partial charge in [-0.15, -0.1) is 0 Å². The van der Waals surface area contributed by atoms with Crippen LogP contribution in [0.5, 0.6) is 5.75 Å². The Kier molecular flexibility index (Phi) is 5.27. The van der Waals surface area contributed by atoms with Gasteiger partial charge in [-0.25, -0.2) is 0 Å². The van der Waals surface area contributed by atoms with Gasteiger partial charge in [0.05, 0.1) is 13.7 Å². The van der Waals surface area contributed by atoms with Gasteiger partial charge in [-0.1, -0.05) is 6.07 Å². The van der Waals surface area contributed by atoms with E-state index in [0.29, 0.717) is 23.9 Å². The number of likely N-dealkylation sites (tertiary alicyclic amines) is 1. The number of carbonyl (C=O) groups is 2. The number of nitrogens with zero attached hydrogens (tertiary/aromatic N) is 1. The largest absolute Gasteiger partial charge is 0.496 e. The molecule has 1 aromatic rings. The summed E-state index contributed by atoms with van der Waals surface area (Å²) in [6, 6.07) is 5.61. The van der Waals surface area contributed by atoms with E-state index in [9.17, 15) is 9.59 Å². The Balaban J connectivity index is 1.67. The molecule has 0 radical (unpaired) electrons. The number of likely N-dealkylation sites (N-methyl/N-ethyl adjacent to an activating group) is 1. The first-order valence-corrected chi connectivity index (χ1v) is 8.90. The molecule has 1 aliphatic carbocycles. The highest BCUT2D eigenvalue weighted by Crippen LogP contribution is 2.41. The zero-order valence-electron chi connectivity index (χ0n) is 15.2. The lowest BCUT2D eigenvalue weighted by atomic mass is 9.97. The normalized spacial score (nSPS) is 23.3. The molecule has 1 saturated heterocycles. The quantitative estimate of drug-likeness (QED) is 0.812. The van der Waals surface area contributed by atoms with Crippen molar-refractivity contribution >= 4 is 11.8 Å². The Morgan fingerprint density at radius 2 is 2.04 bits per heavy atom. The van der Waals surface area contributed by atoms with Crippen LogP contribution in [0.2, 0.25) is 0 Å². The minimum absolute atomic E-state index is 0.0183. The van der Waals surface area contributed by atoms with Gasteiger partial charge in [-0.2, -0.15) is 0 Å². The molecular formula is C19H27N3O3. The first-order chi connectivity index (χ1) is 12.0. The molecule has 25 heavy (non-hydrogen) atoms. The molecule has 2 aliphatic rings. The molecule has 0 spiro atoms. The summed E-state index contributed by atoms with van der Waals surface area (Å²) in [5.41, 5.74) is 1.62. The van der Waals surface area contributed by atoms with E-state index in [1.54, 1.807) is 20.2 Å². The van der Waals surface area contributed by atoms with Gasteiger partial charge in [0.25, 0.3) is 5.91 Å².